The summed E-state index contributed by atoms with van der Waals surface area (Å²) in [5, 5.41) is 5.21. The highest BCUT2D eigenvalue weighted by molar-refractivity contribution is 7.13. The quantitative estimate of drug-likeness (QED) is 0.502. The van der Waals surface area contributed by atoms with Crippen LogP contribution >= 0.6 is 11.3 Å². The van der Waals surface area contributed by atoms with Crippen LogP contribution in [0.1, 0.15) is 10.5 Å². The minimum Gasteiger partial charge on any atom is -0.497 e. The minimum atomic E-state index is -0.334. The lowest BCUT2D eigenvalue weighted by atomic mass is 10.2. The lowest BCUT2D eigenvalue weighted by molar-refractivity contribution is 0.102. The molecule has 0 bridgehead atoms. The van der Waals surface area contributed by atoms with Gasteiger partial charge >= 0.3 is 0 Å². The van der Waals surface area contributed by atoms with Gasteiger partial charge in [0.15, 0.2) is 11.5 Å². The number of thiazole rings is 1. The molecular formula is C22H22N2O5S. The molecule has 0 unspecified atom stereocenters. The molecule has 30 heavy (non-hydrogen) atoms. The molecule has 156 valence electrons. The van der Waals surface area contributed by atoms with E-state index in [1.807, 2.05) is 12.1 Å². The molecule has 0 fully saturated rings. The molecule has 3 aromatic rings. The minimum absolute atomic E-state index is 0.304. The molecule has 0 saturated carbocycles. The van der Waals surface area contributed by atoms with Crippen molar-refractivity contribution < 1.29 is 23.7 Å². The number of carbonyl (C=O) groups excluding carboxylic acids is 1. The number of hydrogen-bond donors (Lipinski definition) is 1. The van der Waals surface area contributed by atoms with Crippen LogP contribution in [0.4, 0.5) is 5.69 Å². The number of benzene rings is 2. The Balaban J connectivity index is 1.79. The zero-order valence-electron chi connectivity index (χ0n) is 16.9. The van der Waals surface area contributed by atoms with Crippen LogP contribution in [0.3, 0.4) is 0 Å². The number of hydrogen-bond acceptors (Lipinski definition) is 7. The van der Waals surface area contributed by atoms with Crippen molar-refractivity contribution in [2.24, 2.45) is 0 Å². The summed E-state index contributed by atoms with van der Waals surface area (Å²) in [6.07, 6.45) is 1.66. The van der Waals surface area contributed by atoms with Gasteiger partial charge in [-0.3, -0.25) is 4.79 Å². The van der Waals surface area contributed by atoms with Gasteiger partial charge in [-0.05, 0) is 30.3 Å². The first-order valence-electron chi connectivity index (χ1n) is 9.00. The van der Waals surface area contributed by atoms with Crippen LogP contribution in [0.15, 0.2) is 54.4 Å². The summed E-state index contributed by atoms with van der Waals surface area (Å²) in [5.41, 5.74) is 1.66. The van der Waals surface area contributed by atoms with E-state index in [4.69, 9.17) is 18.9 Å². The van der Waals surface area contributed by atoms with Crippen molar-refractivity contribution in [3.8, 4) is 33.6 Å². The Labute approximate surface area is 178 Å². The Morgan fingerprint density at radius 2 is 1.87 bits per heavy atom. The van der Waals surface area contributed by atoms with Gasteiger partial charge < -0.3 is 24.3 Å². The van der Waals surface area contributed by atoms with Gasteiger partial charge in [-0.25, -0.2) is 4.98 Å². The van der Waals surface area contributed by atoms with Crippen LogP contribution in [0.2, 0.25) is 0 Å². The van der Waals surface area contributed by atoms with Gasteiger partial charge in [-0.1, -0.05) is 12.7 Å². The number of aromatic nitrogens is 1. The van der Waals surface area contributed by atoms with E-state index in [-0.39, 0.29) is 5.91 Å². The Hall–Kier alpha value is -3.52. The highest BCUT2D eigenvalue weighted by Gasteiger charge is 2.16. The number of nitrogens with zero attached hydrogens (tertiary/aromatic N) is 1. The molecule has 0 spiro atoms. The third-order valence-corrected chi connectivity index (χ3v) is 5.05. The average Bonchev–Trinajstić information content (AvgIpc) is 3.28. The Morgan fingerprint density at radius 3 is 2.57 bits per heavy atom. The van der Waals surface area contributed by atoms with Gasteiger partial charge in [-0.2, -0.15) is 0 Å². The highest BCUT2D eigenvalue weighted by Crippen LogP contribution is 2.34. The van der Waals surface area contributed by atoms with Crippen molar-refractivity contribution in [2.75, 3.05) is 33.3 Å². The normalized spacial score (nSPS) is 10.2. The smallest absolute Gasteiger partial charge is 0.275 e. The molecule has 0 aliphatic carbocycles. The number of nitrogens with one attached hydrogen (secondary N) is 1. The topological polar surface area (TPSA) is 78.9 Å². The fraction of sp³-hybridized carbons (Fsp3) is 0.182. The van der Waals surface area contributed by atoms with Crippen molar-refractivity contribution in [3.05, 3.63) is 60.1 Å². The summed E-state index contributed by atoms with van der Waals surface area (Å²) >= 11 is 1.36. The van der Waals surface area contributed by atoms with Crippen LogP contribution in [-0.2, 0) is 0 Å². The Bertz CT molecular complexity index is 1050. The van der Waals surface area contributed by atoms with Crippen LogP contribution in [0.5, 0.6) is 23.0 Å². The van der Waals surface area contributed by atoms with E-state index in [1.54, 1.807) is 49.9 Å². The maximum Gasteiger partial charge on any atom is 0.275 e. The number of methoxy groups -OCH3 is 3. The molecule has 0 aliphatic rings. The first kappa shape index (κ1) is 21.2. The van der Waals surface area contributed by atoms with E-state index in [0.29, 0.717) is 46.0 Å². The van der Waals surface area contributed by atoms with Gasteiger partial charge in [0, 0.05) is 17.0 Å². The van der Waals surface area contributed by atoms with E-state index >= 15 is 0 Å². The maximum atomic E-state index is 12.7. The summed E-state index contributed by atoms with van der Waals surface area (Å²) in [6, 6.07) is 10.7. The SMILES string of the molecule is C=CCOc1ccc(-c2nc(C(=O)Nc3ccc(OC)cc3OC)cs2)cc1OC. The first-order valence-corrected chi connectivity index (χ1v) is 9.88. The molecule has 1 aromatic heterocycles. The molecule has 0 saturated heterocycles. The number of amides is 1. The molecule has 1 amide bonds. The molecule has 1 heterocycles. The number of anilines is 1. The second kappa shape index (κ2) is 9.80. The summed E-state index contributed by atoms with van der Waals surface area (Å²) in [6.45, 7) is 4.02. The molecular weight excluding hydrogens is 404 g/mol. The summed E-state index contributed by atoms with van der Waals surface area (Å²) in [7, 11) is 4.67. The van der Waals surface area contributed by atoms with Gasteiger partial charge in [-0.15, -0.1) is 11.3 Å². The van der Waals surface area contributed by atoms with E-state index in [9.17, 15) is 4.79 Å². The Morgan fingerprint density at radius 1 is 1.07 bits per heavy atom. The fourth-order valence-corrected chi connectivity index (χ4v) is 3.46. The molecule has 7 nitrogen and oxygen atoms in total. The molecule has 1 N–H and O–H groups in total. The van der Waals surface area contributed by atoms with Crippen molar-refractivity contribution in [3.63, 3.8) is 0 Å². The molecule has 0 radical (unpaired) electrons. The Kier molecular flexibility index (Phi) is 6.92. The lowest BCUT2D eigenvalue weighted by Gasteiger charge is -2.11. The molecule has 0 aliphatic heterocycles. The molecule has 8 heteroatoms. The van der Waals surface area contributed by atoms with Gasteiger partial charge in [0.05, 0.1) is 27.0 Å². The van der Waals surface area contributed by atoms with Crippen molar-refractivity contribution in [1.82, 2.24) is 4.98 Å². The van der Waals surface area contributed by atoms with Crippen LogP contribution < -0.4 is 24.3 Å². The van der Waals surface area contributed by atoms with Gasteiger partial charge in [0.25, 0.3) is 5.91 Å². The molecule has 2 aromatic carbocycles. The zero-order chi connectivity index (χ0) is 21.5. The van der Waals surface area contributed by atoms with E-state index in [1.165, 1.54) is 18.4 Å². The maximum absolute atomic E-state index is 12.7. The lowest BCUT2D eigenvalue weighted by Crippen LogP contribution is -2.13. The van der Waals surface area contributed by atoms with Crippen LogP contribution in [-0.4, -0.2) is 38.8 Å². The van der Waals surface area contributed by atoms with Crippen molar-refractivity contribution >= 4 is 22.9 Å². The van der Waals surface area contributed by atoms with Crippen LogP contribution in [0, 0.1) is 0 Å². The van der Waals surface area contributed by atoms with Gasteiger partial charge in [0.1, 0.15) is 28.8 Å². The summed E-state index contributed by atoms with van der Waals surface area (Å²) < 4.78 is 21.5. The predicted octanol–water partition coefficient (Wildman–Crippen LogP) is 4.65. The second-order valence-electron chi connectivity index (χ2n) is 6.02. The zero-order valence-corrected chi connectivity index (χ0v) is 17.7. The monoisotopic (exact) mass is 426 g/mol. The second-order valence-corrected chi connectivity index (χ2v) is 6.88. The predicted molar refractivity (Wildman–Crippen MR) is 117 cm³/mol. The third-order valence-electron chi connectivity index (χ3n) is 4.16. The molecule has 0 atom stereocenters. The van der Waals surface area contributed by atoms with Gasteiger partial charge in [0.2, 0.25) is 0 Å². The number of carbonyl (C=O) groups is 1. The van der Waals surface area contributed by atoms with Crippen molar-refractivity contribution in [2.45, 2.75) is 0 Å². The van der Waals surface area contributed by atoms with Crippen LogP contribution in [0.25, 0.3) is 10.6 Å². The number of ether oxygens (including phenoxy) is 4. The van der Waals surface area contributed by atoms with E-state index < -0.39 is 0 Å². The van der Waals surface area contributed by atoms with E-state index in [0.717, 1.165) is 5.56 Å². The first-order chi connectivity index (χ1) is 14.6. The molecule has 3 rings (SSSR count). The highest BCUT2D eigenvalue weighted by atomic mass is 32.1. The summed E-state index contributed by atoms with van der Waals surface area (Å²) in [4.78, 5) is 17.1. The van der Waals surface area contributed by atoms with E-state index in [2.05, 4.69) is 16.9 Å². The van der Waals surface area contributed by atoms with Crippen molar-refractivity contribution in [1.29, 1.82) is 0 Å². The third kappa shape index (κ3) is 4.72. The standard InChI is InChI=1S/C22H22N2O5S/c1-5-10-29-18-9-6-14(11-20(18)28-4)22-24-17(13-30-22)21(25)23-16-8-7-15(26-2)12-19(16)27-3/h5-9,11-13H,1,10H2,2-4H3,(H,23,25). The average molecular weight is 426 g/mol. The summed E-state index contributed by atoms with van der Waals surface area (Å²) in [5.74, 6) is 1.99. The largest absolute Gasteiger partial charge is 0.497 e. The number of rotatable bonds is 9. The fourth-order valence-electron chi connectivity index (χ4n) is 2.67.